The van der Waals surface area contributed by atoms with E-state index >= 15 is 0 Å². The average molecular weight is 404 g/mol. The number of aryl methyl sites for hydroxylation is 1. The molecule has 1 N–H and O–H groups in total. The first-order valence-corrected chi connectivity index (χ1v) is 10.6. The van der Waals surface area contributed by atoms with Crippen molar-refractivity contribution < 1.29 is 22.7 Å². The summed E-state index contributed by atoms with van der Waals surface area (Å²) < 4.78 is 30.6. The van der Waals surface area contributed by atoms with Gasteiger partial charge in [-0.05, 0) is 62.7 Å². The number of sulfonamides is 1. The van der Waals surface area contributed by atoms with E-state index in [-0.39, 0.29) is 6.61 Å². The minimum Gasteiger partial charge on any atom is -0.462 e. The molecule has 1 atom stereocenters. The lowest BCUT2D eigenvalue weighted by atomic mass is 10.2. The normalized spacial score (nSPS) is 12.1. The van der Waals surface area contributed by atoms with Gasteiger partial charge in [-0.3, -0.25) is 9.10 Å². The van der Waals surface area contributed by atoms with Crippen molar-refractivity contribution in [3.8, 4) is 0 Å². The highest BCUT2D eigenvalue weighted by Crippen LogP contribution is 2.22. The van der Waals surface area contributed by atoms with Crippen LogP contribution in [0, 0.1) is 6.92 Å². The van der Waals surface area contributed by atoms with Gasteiger partial charge in [0.2, 0.25) is 15.9 Å². The average Bonchev–Trinajstić information content (AvgIpc) is 2.61. The van der Waals surface area contributed by atoms with Crippen LogP contribution < -0.4 is 9.62 Å². The van der Waals surface area contributed by atoms with Gasteiger partial charge in [-0.1, -0.05) is 12.1 Å². The molecule has 0 bridgehead atoms. The lowest BCUT2D eigenvalue weighted by Gasteiger charge is -2.28. The van der Waals surface area contributed by atoms with Crippen molar-refractivity contribution in [2.24, 2.45) is 0 Å². The van der Waals surface area contributed by atoms with Crippen LogP contribution in [0.5, 0.6) is 0 Å². The Kier molecular flexibility index (Phi) is 6.80. The van der Waals surface area contributed by atoms with Crippen LogP contribution in [-0.4, -0.2) is 39.2 Å². The SMILES string of the molecule is CCOC(=O)c1ccc(NC(=O)[C@H](C)N(c2cccc(C)c2)S(C)(=O)=O)cc1. The monoisotopic (exact) mass is 404 g/mol. The molecule has 0 aromatic heterocycles. The number of carbonyl (C=O) groups is 2. The number of anilines is 2. The van der Waals surface area contributed by atoms with Crippen molar-refractivity contribution in [3.63, 3.8) is 0 Å². The van der Waals surface area contributed by atoms with Crippen molar-refractivity contribution in [1.82, 2.24) is 0 Å². The maximum atomic E-state index is 12.7. The van der Waals surface area contributed by atoms with Gasteiger partial charge in [0.1, 0.15) is 6.04 Å². The molecule has 0 aliphatic rings. The van der Waals surface area contributed by atoms with E-state index in [0.717, 1.165) is 16.1 Å². The molecule has 0 unspecified atom stereocenters. The van der Waals surface area contributed by atoms with Crippen LogP contribution in [0.25, 0.3) is 0 Å². The van der Waals surface area contributed by atoms with Gasteiger partial charge in [0, 0.05) is 5.69 Å². The van der Waals surface area contributed by atoms with Crippen LogP contribution in [-0.2, 0) is 19.6 Å². The quantitative estimate of drug-likeness (QED) is 0.716. The van der Waals surface area contributed by atoms with Crippen LogP contribution in [0.3, 0.4) is 0 Å². The molecule has 150 valence electrons. The van der Waals surface area contributed by atoms with E-state index in [1.54, 1.807) is 37.3 Å². The molecular formula is C20H24N2O5S. The van der Waals surface area contributed by atoms with Crippen LogP contribution in [0.2, 0.25) is 0 Å². The lowest BCUT2D eigenvalue weighted by molar-refractivity contribution is -0.116. The van der Waals surface area contributed by atoms with E-state index in [0.29, 0.717) is 16.9 Å². The van der Waals surface area contributed by atoms with E-state index in [2.05, 4.69) is 5.32 Å². The Hall–Kier alpha value is -2.87. The standard InChI is InChI=1S/C20H24N2O5S/c1-5-27-20(24)16-9-11-17(12-10-16)21-19(23)15(3)22(28(4,25)26)18-8-6-7-14(2)13-18/h6-13,15H,5H2,1-4H3,(H,21,23)/t15-/m0/s1. The van der Waals surface area contributed by atoms with Gasteiger partial charge in [-0.15, -0.1) is 0 Å². The molecule has 0 fully saturated rings. The van der Waals surface area contributed by atoms with Crippen LogP contribution in [0.15, 0.2) is 48.5 Å². The maximum absolute atomic E-state index is 12.7. The summed E-state index contributed by atoms with van der Waals surface area (Å²) in [6, 6.07) is 12.2. The molecule has 0 saturated heterocycles. The number of carbonyl (C=O) groups excluding carboxylic acids is 2. The first kappa shape index (κ1) is 21.4. The maximum Gasteiger partial charge on any atom is 0.338 e. The molecule has 0 aliphatic heterocycles. The summed E-state index contributed by atoms with van der Waals surface area (Å²) in [5, 5.41) is 2.68. The Morgan fingerprint density at radius 2 is 1.79 bits per heavy atom. The van der Waals surface area contributed by atoms with Gasteiger partial charge in [0.25, 0.3) is 0 Å². The van der Waals surface area contributed by atoms with Crippen LogP contribution in [0.1, 0.15) is 29.8 Å². The molecule has 1 amide bonds. The molecule has 0 spiro atoms. The zero-order chi connectivity index (χ0) is 20.9. The molecule has 28 heavy (non-hydrogen) atoms. The van der Waals surface area contributed by atoms with Gasteiger partial charge in [-0.2, -0.15) is 0 Å². The van der Waals surface area contributed by atoms with Crippen LogP contribution in [0.4, 0.5) is 11.4 Å². The number of hydrogen-bond acceptors (Lipinski definition) is 5. The highest BCUT2D eigenvalue weighted by Gasteiger charge is 2.29. The van der Waals surface area contributed by atoms with Crippen LogP contribution >= 0.6 is 0 Å². The topological polar surface area (TPSA) is 92.8 Å². The molecule has 7 nitrogen and oxygen atoms in total. The molecule has 2 aromatic rings. The smallest absolute Gasteiger partial charge is 0.338 e. The Labute approximate surface area is 165 Å². The summed E-state index contributed by atoms with van der Waals surface area (Å²) in [6.07, 6.45) is 1.06. The van der Waals surface area contributed by atoms with Gasteiger partial charge >= 0.3 is 5.97 Å². The minimum atomic E-state index is -3.68. The molecule has 2 aromatic carbocycles. The summed E-state index contributed by atoms with van der Waals surface area (Å²) in [4.78, 5) is 24.4. The Morgan fingerprint density at radius 3 is 2.32 bits per heavy atom. The number of benzene rings is 2. The molecule has 0 radical (unpaired) electrons. The molecule has 8 heteroatoms. The fourth-order valence-electron chi connectivity index (χ4n) is 2.72. The molecular weight excluding hydrogens is 380 g/mol. The number of nitrogens with zero attached hydrogens (tertiary/aromatic N) is 1. The van der Waals surface area contributed by atoms with E-state index in [1.807, 2.05) is 13.0 Å². The third kappa shape index (κ3) is 5.32. The van der Waals surface area contributed by atoms with Crippen molar-refractivity contribution in [2.75, 3.05) is 22.5 Å². The first-order chi connectivity index (χ1) is 13.1. The number of rotatable bonds is 7. The Balaban J connectivity index is 2.20. The van der Waals surface area contributed by atoms with Crippen molar-refractivity contribution >= 4 is 33.3 Å². The van der Waals surface area contributed by atoms with E-state index in [9.17, 15) is 18.0 Å². The molecule has 2 rings (SSSR count). The third-order valence-corrected chi connectivity index (χ3v) is 5.25. The Morgan fingerprint density at radius 1 is 1.14 bits per heavy atom. The van der Waals surface area contributed by atoms with Gasteiger partial charge < -0.3 is 10.1 Å². The zero-order valence-electron chi connectivity index (χ0n) is 16.3. The second-order valence-corrected chi connectivity index (χ2v) is 8.22. The summed E-state index contributed by atoms with van der Waals surface area (Å²) >= 11 is 0. The fourth-order valence-corrected chi connectivity index (χ4v) is 3.89. The largest absolute Gasteiger partial charge is 0.462 e. The summed E-state index contributed by atoms with van der Waals surface area (Å²) in [6.45, 7) is 5.36. The predicted octanol–water partition coefficient (Wildman–Crippen LogP) is 2.96. The second-order valence-electron chi connectivity index (χ2n) is 6.36. The van der Waals surface area contributed by atoms with E-state index in [4.69, 9.17) is 4.74 Å². The van der Waals surface area contributed by atoms with E-state index in [1.165, 1.54) is 19.1 Å². The predicted molar refractivity (Wildman–Crippen MR) is 109 cm³/mol. The fraction of sp³-hybridized carbons (Fsp3) is 0.300. The number of hydrogen-bond donors (Lipinski definition) is 1. The summed E-state index contributed by atoms with van der Waals surface area (Å²) in [5.74, 6) is -0.938. The minimum absolute atomic E-state index is 0.273. The highest BCUT2D eigenvalue weighted by atomic mass is 32.2. The van der Waals surface area contributed by atoms with Gasteiger partial charge in [-0.25, -0.2) is 13.2 Å². The third-order valence-electron chi connectivity index (χ3n) is 4.01. The van der Waals surface area contributed by atoms with E-state index < -0.39 is 27.9 Å². The lowest BCUT2D eigenvalue weighted by Crippen LogP contribution is -2.45. The van der Waals surface area contributed by atoms with Crippen molar-refractivity contribution in [2.45, 2.75) is 26.8 Å². The second kappa shape index (κ2) is 8.88. The first-order valence-electron chi connectivity index (χ1n) is 8.77. The summed E-state index contributed by atoms with van der Waals surface area (Å²) in [7, 11) is -3.68. The van der Waals surface area contributed by atoms with Gasteiger partial charge in [0.05, 0.1) is 24.1 Å². The Bertz CT molecular complexity index is 955. The van der Waals surface area contributed by atoms with Crippen molar-refractivity contribution in [1.29, 1.82) is 0 Å². The number of esters is 1. The zero-order valence-corrected chi connectivity index (χ0v) is 17.1. The highest BCUT2D eigenvalue weighted by molar-refractivity contribution is 7.92. The molecule has 0 heterocycles. The number of nitrogens with one attached hydrogen (secondary N) is 1. The molecule has 0 aliphatic carbocycles. The molecule has 0 saturated carbocycles. The number of ether oxygens (including phenoxy) is 1. The van der Waals surface area contributed by atoms with Crippen molar-refractivity contribution in [3.05, 3.63) is 59.7 Å². The van der Waals surface area contributed by atoms with Gasteiger partial charge in [0.15, 0.2) is 0 Å². The summed E-state index contributed by atoms with van der Waals surface area (Å²) in [5.41, 5.74) is 2.11. The number of amides is 1.